The quantitative estimate of drug-likeness (QED) is 0.412. The maximum absolute atomic E-state index is 6.02. The number of anilines is 2. The van der Waals surface area contributed by atoms with E-state index < -0.39 is 0 Å². The van der Waals surface area contributed by atoms with Crippen LogP contribution in [0.3, 0.4) is 0 Å². The number of hydrogen-bond donors (Lipinski definition) is 2. The first-order valence-corrected chi connectivity index (χ1v) is 9.85. The number of guanidine groups is 1. The van der Waals surface area contributed by atoms with Gasteiger partial charge in [-0.3, -0.25) is 0 Å². The van der Waals surface area contributed by atoms with Gasteiger partial charge in [0.25, 0.3) is 0 Å². The Kier molecular flexibility index (Phi) is 5.44. The van der Waals surface area contributed by atoms with Crippen LogP contribution in [0.2, 0.25) is 0 Å². The molecule has 2 N–H and O–H groups in total. The molecule has 5 heteroatoms. The Labute approximate surface area is 177 Å². The van der Waals surface area contributed by atoms with Crippen molar-refractivity contribution >= 4 is 29.1 Å². The number of aliphatic imine (C=N–C) groups is 1. The molecule has 152 valence electrons. The van der Waals surface area contributed by atoms with Crippen LogP contribution in [0.1, 0.15) is 19.4 Å². The van der Waals surface area contributed by atoms with Crippen molar-refractivity contribution in [1.29, 1.82) is 0 Å². The summed E-state index contributed by atoms with van der Waals surface area (Å²) in [6, 6.07) is 23.6. The molecule has 0 unspecified atom stereocenters. The second-order valence-corrected chi connectivity index (χ2v) is 7.54. The molecule has 3 aromatic rings. The van der Waals surface area contributed by atoms with Crippen molar-refractivity contribution in [3.63, 3.8) is 0 Å². The second kappa shape index (κ2) is 8.33. The van der Waals surface area contributed by atoms with E-state index in [0.717, 1.165) is 28.4 Å². The average molecular weight is 399 g/mol. The molecule has 1 aliphatic heterocycles. The zero-order valence-electron chi connectivity index (χ0n) is 17.3. The van der Waals surface area contributed by atoms with E-state index in [2.05, 4.69) is 22.8 Å². The lowest BCUT2D eigenvalue weighted by Gasteiger charge is -2.28. The number of hydrogen-bond acceptors (Lipinski definition) is 3. The topological polar surface area (TPSA) is 54.9 Å². The van der Waals surface area contributed by atoms with Crippen molar-refractivity contribution in [2.45, 2.75) is 19.4 Å². The fraction of sp³-hybridized carbons (Fsp3) is 0.160. The molecule has 0 bridgehead atoms. The molecule has 0 aliphatic carbocycles. The van der Waals surface area contributed by atoms with E-state index >= 15 is 0 Å². The van der Waals surface area contributed by atoms with Gasteiger partial charge in [0.1, 0.15) is 22.8 Å². The standard InChI is InChI=1S/C25H25N3O2/c1-25(2)16-15-18-17-20(13-14-22(18)30-25)27-24(26-19-9-5-4-6-10-19)28-21-11-7-8-12-23(21)29-3/h4-17H,1-3H3,(H2,26,27,28). The number of para-hydroxylation sites is 3. The Morgan fingerprint density at radius 3 is 2.43 bits per heavy atom. The molecule has 1 heterocycles. The van der Waals surface area contributed by atoms with E-state index in [1.807, 2.05) is 86.6 Å². The van der Waals surface area contributed by atoms with Gasteiger partial charge in [-0.05, 0) is 62.4 Å². The zero-order chi connectivity index (χ0) is 21.0. The maximum Gasteiger partial charge on any atom is 0.205 e. The normalized spacial score (nSPS) is 14.4. The Hall–Kier alpha value is -3.73. The third-order valence-corrected chi connectivity index (χ3v) is 4.66. The van der Waals surface area contributed by atoms with Gasteiger partial charge in [0, 0.05) is 16.9 Å². The number of nitrogens with one attached hydrogen (secondary N) is 2. The first-order valence-electron chi connectivity index (χ1n) is 9.85. The summed E-state index contributed by atoms with van der Waals surface area (Å²) in [7, 11) is 1.64. The highest BCUT2D eigenvalue weighted by Gasteiger charge is 2.21. The lowest BCUT2D eigenvalue weighted by molar-refractivity contribution is 0.159. The molecule has 0 fully saturated rings. The molecule has 0 saturated heterocycles. The largest absolute Gasteiger partial charge is 0.494 e. The van der Waals surface area contributed by atoms with Gasteiger partial charge in [0.05, 0.1) is 7.11 Å². The van der Waals surface area contributed by atoms with Crippen molar-refractivity contribution in [2.75, 3.05) is 17.7 Å². The molecule has 0 aromatic heterocycles. The van der Waals surface area contributed by atoms with Crippen molar-refractivity contribution in [1.82, 2.24) is 0 Å². The monoisotopic (exact) mass is 399 g/mol. The number of methoxy groups -OCH3 is 1. The summed E-state index contributed by atoms with van der Waals surface area (Å²) < 4.78 is 11.5. The summed E-state index contributed by atoms with van der Waals surface area (Å²) in [5.74, 6) is 2.16. The molecule has 0 atom stereocenters. The van der Waals surface area contributed by atoms with E-state index in [1.165, 1.54) is 0 Å². The number of rotatable bonds is 4. The SMILES string of the molecule is COc1ccccc1N=C(Nc1ccccc1)Nc1ccc2c(c1)C=CC(C)(C)O2. The first-order chi connectivity index (χ1) is 14.5. The van der Waals surface area contributed by atoms with Gasteiger partial charge in [-0.1, -0.05) is 36.4 Å². The predicted molar refractivity (Wildman–Crippen MR) is 124 cm³/mol. The molecular formula is C25H25N3O2. The number of nitrogens with zero attached hydrogens (tertiary/aromatic N) is 1. The fourth-order valence-corrected chi connectivity index (χ4v) is 3.18. The van der Waals surface area contributed by atoms with E-state index in [4.69, 9.17) is 14.5 Å². The van der Waals surface area contributed by atoms with Crippen LogP contribution in [0.5, 0.6) is 11.5 Å². The highest BCUT2D eigenvalue weighted by Crippen LogP contribution is 2.33. The highest BCUT2D eigenvalue weighted by atomic mass is 16.5. The molecule has 1 aliphatic rings. The predicted octanol–water partition coefficient (Wildman–Crippen LogP) is 6.09. The minimum Gasteiger partial charge on any atom is -0.494 e. The van der Waals surface area contributed by atoms with E-state index in [0.29, 0.717) is 11.7 Å². The summed E-state index contributed by atoms with van der Waals surface area (Å²) in [6.45, 7) is 4.08. The Morgan fingerprint density at radius 2 is 1.63 bits per heavy atom. The van der Waals surface area contributed by atoms with Gasteiger partial charge in [0.2, 0.25) is 5.96 Å². The Morgan fingerprint density at radius 1 is 0.900 bits per heavy atom. The van der Waals surface area contributed by atoms with Gasteiger partial charge in [-0.2, -0.15) is 0 Å². The van der Waals surface area contributed by atoms with Crippen LogP contribution in [-0.4, -0.2) is 18.7 Å². The zero-order valence-corrected chi connectivity index (χ0v) is 17.3. The average Bonchev–Trinajstić information content (AvgIpc) is 2.74. The summed E-state index contributed by atoms with van der Waals surface area (Å²) >= 11 is 0. The van der Waals surface area contributed by atoms with E-state index in [-0.39, 0.29) is 5.60 Å². The van der Waals surface area contributed by atoms with Gasteiger partial charge >= 0.3 is 0 Å². The number of fused-ring (bicyclic) bond motifs is 1. The van der Waals surface area contributed by atoms with Crippen LogP contribution in [0.25, 0.3) is 6.08 Å². The van der Waals surface area contributed by atoms with E-state index in [1.54, 1.807) is 7.11 Å². The molecule has 30 heavy (non-hydrogen) atoms. The number of ether oxygens (including phenoxy) is 2. The summed E-state index contributed by atoms with van der Waals surface area (Å²) in [5, 5.41) is 6.75. The third kappa shape index (κ3) is 4.63. The van der Waals surface area contributed by atoms with Crippen molar-refractivity contribution in [3.05, 3.63) is 84.4 Å². The highest BCUT2D eigenvalue weighted by molar-refractivity contribution is 6.05. The molecule has 5 nitrogen and oxygen atoms in total. The molecule has 4 rings (SSSR count). The molecule has 0 saturated carbocycles. The van der Waals surface area contributed by atoms with Gasteiger partial charge < -0.3 is 20.1 Å². The number of benzene rings is 3. The van der Waals surface area contributed by atoms with Crippen molar-refractivity contribution < 1.29 is 9.47 Å². The molecular weight excluding hydrogens is 374 g/mol. The molecule has 0 spiro atoms. The first kappa shape index (κ1) is 19.6. The Balaban J connectivity index is 1.66. The minimum atomic E-state index is -0.298. The lowest BCUT2D eigenvalue weighted by Crippen LogP contribution is -2.27. The fourth-order valence-electron chi connectivity index (χ4n) is 3.18. The summed E-state index contributed by atoms with van der Waals surface area (Å²) in [5.41, 5.74) is 3.29. The van der Waals surface area contributed by atoms with Gasteiger partial charge in [0.15, 0.2) is 0 Å². The molecule has 0 radical (unpaired) electrons. The molecule has 3 aromatic carbocycles. The van der Waals surface area contributed by atoms with Gasteiger partial charge in [-0.15, -0.1) is 0 Å². The van der Waals surface area contributed by atoms with Gasteiger partial charge in [-0.25, -0.2) is 4.99 Å². The van der Waals surface area contributed by atoms with E-state index in [9.17, 15) is 0 Å². The summed E-state index contributed by atoms with van der Waals surface area (Å²) in [6.07, 6.45) is 4.15. The van der Waals surface area contributed by atoms with Crippen LogP contribution < -0.4 is 20.1 Å². The van der Waals surface area contributed by atoms with Crippen molar-refractivity contribution in [3.8, 4) is 11.5 Å². The smallest absolute Gasteiger partial charge is 0.205 e. The lowest BCUT2D eigenvalue weighted by atomic mass is 10.0. The van der Waals surface area contributed by atoms with Crippen LogP contribution in [-0.2, 0) is 0 Å². The van der Waals surface area contributed by atoms with Crippen molar-refractivity contribution in [2.24, 2.45) is 4.99 Å². The van der Waals surface area contributed by atoms with Crippen LogP contribution in [0.4, 0.5) is 17.1 Å². The van der Waals surface area contributed by atoms with Crippen LogP contribution >= 0.6 is 0 Å². The minimum absolute atomic E-state index is 0.298. The van der Waals surface area contributed by atoms with Crippen LogP contribution in [0, 0.1) is 0 Å². The second-order valence-electron chi connectivity index (χ2n) is 7.54. The molecule has 0 amide bonds. The Bertz CT molecular complexity index is 1090. The van der Waals surface area contributed by atoms with Crippen LogP contribution in [0.15, 0.2) is 83.9 Å². The maximum atomic E-state index is 6.02. The third-order valence-electron chi connectivity index (χ3n) is 4.66. The summed E-state index contributed by atoms with van der Waals surface area (Å²) in [4.78, 5) is 4.78.